The van der Waals surface area contributed by atoms with E-state index in [-0.39, 0.29) is 0 Å². The first-order valence-corrected chi connectivity index (χ1v) is 7.71. The number of hydrogen-bond acceptors (Lipinski definition) is 2. The van der Waals surface area contributed by atoms with Crippen LogP contribution in [0.15, 0.2) is 0 Å². The first kappa shape index (κ1) is 13.4. The third-order valence-electron chi connectivity index (χ3n) is 4.89. The van der Waals surface area contributed by atoms with Crippen molar-refractivity contribution in [3.8, 4) is 0 Å². The van der Waals surface area contributed by atoms with E-state index >= 15 is 0 Å². The molecule has 0 spiro atoms. The van der Waals surface area contributed by atoms with Gasteiger partial charge in [-0.3, -0.25) is 0 Å². The van der Waals surface area contributed by atoms with Crippen LogP contribution >= 0.6 is 0 Å². The average Bonchev–Trinajstić information content (AvgIpc) is 2.40. The minimum atomic E-state index is 0.817. The van der Waals surface area contributed by atoms with Gasteiger partial charge in [0.05, 0.1) is 6.54 Å². The molecule has 2 heteroatoms. The van der Waals surface area contributed by atoms with Gasteiger partial charge in [0, 0.05) is 19.9 Å². The van der Waals surface area contributed by atoms with Crippen molar-refractivity contribution in [2.45, 2.75) is 70.3 Å². The van der Waals surface area contributed by atoms with Gasteiger partial charge >= 0.3 is 0 Å². The highest BCUT2D eigenvalue weighted by molar-refractivity contribution is 4.77. The minimum absolute atomic E-state index is 0.817. The second kappa shape index (κ2) is 6.75. The molecule has 99 valence electrons. The Hall–Kier alpha value is -0.0800. The average molecular weight is 238 g/mol. The molecule has 0 bridgehead atoms. The van der Waals surface area contributed by atoms with Gasteiger partial charge in [-0.1, -0.05) is 30.7 Å². The van der Waals surface area contributed by atoms with E-state index in [9.17, 15) is 0 Å². The maximum atomic E-state index is 2.54. The van der Waals surface area contributed by atoms with Crippen molar-refractivity contribution < 1.29 is 0 Å². The SMILES string of the molecule is CN(CC1CCCCC1)[N+](C)C1CCCCC1. The summed E-state index contributed by atoms with van der Waals surface area (Å²) in [6.07, 6.45) is 14.5. The van der Waals surface area contributed by atoms with Crippen molar-refractivity contribution in [2.24, 2.45) is 5.92 Å². The molecule has 1 radical (unpaired) electrons. The predicted octanol–water partition coefficient (Wildman–Crippen LogP) is 3.52. The molecular weight excluding hydrogens is 208 g/mol. The molecule has 2 aliphatic rings. The molecular formula is C15H30N2+. The molecule has 0 atom stereocenters. The molecule has 17 heavy (non-hydrogen) atoms. The summed E-state index contributed by atoms with van der Waals surface area (Å²) in [5.74, 6) is 0.958. The van der Waals surface area contributed by atoms with Gasteiger partial charge in [0.2, 0.25) is 0 Å². The summed E-state index contributed by atoms with van der Waals surface area (Å²) >= 11 is 0. The predicted molar refractivity (Wildman–Crippen MR) is 74.1 cm³/mol. The van der Waals surface area contributed by atoms with Crippen LogP contribution in [0.5, 0.6) is 0 Å². The Bertz CT molecular complexity index is 205. The molecule has 0 aromatic rings. The smallest absolute Gasteiger partial charge is 0.109 e. The zero-order valence-corrected chi connectivity index (χ0v) is 11.8. The monoisotopic (exact) mass is 238 g/mol. The molecule has 2 aliphatic carbocycles. The van der Waals surface area contributed by atoms with Crippen LogP contribution in [0.25, 0.3) is 0 Å². The lowest BCUT2D eigenvalue weighted by Gasteiger charge is -2.30. The van der Waals surface area contributed by atoms with Gasteiger partial charge in [-0.05, 0) is 31.6 Å². The van der Waals surface area contributed by atoms with Gasteiger partial charge in [-0.2, -0.15) is 0 Å². The lowest BCUT2D eigenvalue weighted by atomic mass is 9.89. The first-order valence-electron chi connectivity index (χ1n) is 7.71. The fourth-order valence-corrected chi connectivity index (χ4v) is 3.61. The molecule has 2 fully saturated rings. The van der Waals surface area contributed by atoms with Crippen molar-refractivity contribution >= 4 is 0 Å². The van der Waals surface area contributed by atoms with E-state index in [1.54, 1.807) is 0 Å². The Morgan fingerprint density at radius 2 is 1.41 bits per heavy atom. The second-order valence-corrected chi connectivity index (χ2v) is 6.21. The van der Waals surface area contributed by atoms with E-state index in [1.165, 1.54) is 70.8 Å². The zero-order chi connectivity index (χ0) is 12.1. The van der Waals surface area contributed by atoms with Gasteiger partial charge in [-0.25, -0.2) is 0 Å². The zero-order valence-electron chi connectivity index (χ0n) is 11.8. The van der Waals surface area contributed by atoms with Gasteiger partial charge in [0.1, 0.15) is 7.05 Å². The van der Waals surface area contributed by atoms with Gasteiger partial charge < -0.3 is 0 Å². The van der Waals surface area contributed by atoms with E-state index in [0.717, 1.165) is 12.0 Å². The Morgan fingerprint density at radius 1 is 0.882 bits per heavy atom. The van der Waals surface area contributed by atoms with Gasteiger partial charge in [0.25, 0.3) is 0 Å². The van der Waals surface area contributed by atoms with Gasteiger partial charge in [-0.15, -0.1) is 5.01 Å². The molecule has 0 aliphatic heterocycles. The Labute approximate surface area is 107 Å². The van der Waals surface area contributed by atoms with Crippen molar-refractivity contribution in [3.05, 3.63) is 0 Å². The molecule has 2 rings (SSSR count). The highest BCUT2D eigenvalue weighted by atomic mass is 15.6. The van der Waals surface area contributed by atoms with Crippen molar-refractivity contribution in [1.29, 1.82) is 0 Å². The van der Waals surface area contributed by atoms with Crippen LogP contribution in [0.2, 0.25) is 0 Å². The molecule has 0 N–H and O–H groups in total. The van der Waals surface area contributed by atoms with Crippen molar-refractivity contribution in [2.75, 3.05) is 20.6 Å². The summed E-state index contributed by atoms with van der Waals surface area (Å²) in [6, 6.07) is 0.817. The topological polar surface area (TPSA) is 9.14 Å². The number of hydrazine groups is 1. The highest BCUT2D eigenvalue weighted by Crippen LogP contribution is 2.25. The van der Waals surface area contributed by atoms with Crippen LogP contribution in [0.4, 0.5) is 0 Å². The molecule has 0 heterocycles. The lowest BCUT2D eigenvalue weighted by Crippen LogP contribution is -2.51. The van der Waals surface area contributed by atoms with Crippen molar-refractivity contribution in [1.82, 2.24) is 10.0 Å². The summed E-state index contributed by atoms with van der Waals surface area (Å²) in [4.78, 5) is 0. The number of rotatable bonds is 4. The fraction of sp³-hybridized carbons (Fsp3) is 1.00. The van der Waals surface area contributed by atoms with Crippen LogP contribution < -0.4 is 5.01 Å². The van der Waals surface area contributed by atoms with E-state index in [4.69, 9.17) is 0 Å². The normalized spacial score (nSPS) is 24.7. The largest absolute Gasteiger partial charge is 0.154 e. The second-order valence-electron chi connectivity index (χ2n) is 6.21. The summed E-state index contributed by atoms with van der Waals surface area (Å²) in [5, 5.41) is 5.04. The lowest BCUT2D eigenvalue weighted by molar-refractivity contribution is 0.0456. The Kier molecular flexibility index (Phi) is 5.30. The maximum Gasteiger partial charge on any atom is 0.154 e. The number of nitrogens with zero attached hydrogens (tertiary/aromatic N) is 2. The quantitative estimate of drug-likeness (QED) is 0.538. The Morgan fingerprint density at radius 3 is 2.00 bits per heavy atom. The van der Waals surface area contributed by atoms with Crippen molar-refractivity contribution in [3.63, 3.8) is 0 Å². The van der Waals surface area contributed by atoms with E-state index in [2.05, 4.69) is 24.1 Å². The Balaban J connectivity index is 1.75. The minimum Gasteiger partial charge on any atom is -0.109 e. The van der Waals surface area contributed by atoms with Crippen LogP contribution in [0, 0.1) is 5.92 Å². The number of hydrogen-bond donors (Lipinski definition) is 0. The molecule has 0 unspecified atom stereocenters. The third kappa shape index (κ3) is 3.96. The van der Waals surface area contributed by atoms with E-state index in [0.29, 0.717) is 0 Å². The first-order chi connectivity index (χ1) is 8.27. The summed E-state index contributed by atoms with van der Waals surface area (Å²) < 4.78 is 0. The molecule has 0 saturated heterocycles. The molecule has 2 nitrogen and oxygen atoms in total. The molecule has 0 aromatic heterocycles. The summed E-state index contributed by atoms with van der Waals surface area (Å²) in [6.45, 7) is 1.28. The third-order valence-corrected chi connectivity index (χ3v) is 4.89. The standard InChI is InChI=1S/C15H30N2/c1-16(13-14-9-5-3-6-10-14)17(2)15-11-7-4-8-12-15/h14-15H,3-13H2,1-2H3/q+1. The van der Waals surface area contributed by atoms with Gasteiger partial charge in [0.15, 0.2) is 6.04 Å². The van der Waals surface area contributed by atoms with E-state index in [1.807, 2.05) is 0 Å². The molecule has 2 saturated carbocycles. The van der Waals surface area contributed by atoms with E-state index < -0.39 is 0 Å². The van der Waals surface area contributed by atoms with Crippen LogP contribution in [0.1, 0.15) is 64.2 Å². The van der Waals surface area contributed by atoms with Crippen LogP contribution in [0.3, 0.4) is 0 Å². The summed E-state index contributed by atoms with van der Waals surface area (Å²) in [5.41, 5.74) is 0. The maximum absolute atomic E-state index is 2.54. The highest BCUT2D eigenvalue weighted by Gasteiger charge is 2.31. The fourth-order valence-electron chi connectivity index (χ4n) is 3.61. The molecule has 0 aromatic carbocycles. The summed E-state index contributed by atoms with van der Waals surface area (Å²) in [7, 11) is 4.60. The van der Waals surface area contributed by atoms with Crippen LogP contribution in [-0.2, 0) is 0 Å². The van der Waals surface area contributed by atoms with Crippen LogP contribution in [-0.4, -0.2) is 31.7 Å². The molecule has 0 amide bonds.